The van der Waals surface area contributed by atoms with Crippen molar-refractivity contribution in [3.8, 4) is 0 Å². The van der Waals surface area contributed by atoms with Crippen LogP contribution in [0.1, 0.15) is 36.7 Å². The third kappa shape index (κ3) is 2.79. The Morgan fingerprint density at radius 3 is 2.74 bits per heavy atom. The molecule has 2 fully saturated rings. The van der Waals surface area contributed by atoms with Crippen molar-refractivity contribution < 1.29 is 9.26 Å². The molecule has 0 amide bonds. The molecule has 1 aromatic rings. The average Bonchev–Trinajstić information content (AvgIpc) is 2.90. The second kappa shape index (κ2) is 5.63. The molecule has 5 nitrogen and oxygen atoms in total. The molecule has 19 heavy (non-hydrogen) atoms. The van der Waals surface area contributed by atoms with Crippen molar-refractivity contribution in [3.63, 3.8) is 0 Å². The maximum atomic E-state index is 6.37. The summed E-state index contributed by atoms with van der Waals surface area (Å²) in [5.74, 6) is 3.72. The van der Waals surface area contributed by atoms with Crippen LogP contribution in [0.2, 0.25) is 0 Å². The zero-order valence-corrected chi connectivity index (χ0v) is 12.6. The minimum Gasteiger partial charge on any atom is -0.381 e. The summed E-state index contributed by atoms with van der Waals surface area (Å²) < 4.78 is 10.8. The van der Waals surface area contributed by atoms with Crippen LogP contribution in [-0.4, -0.2) is 40.1 Å². The molecule has 0 saturated carbocycles. The van der Waals surface area contributed by atoms with E-state index in [1.807, 2.05) is 23.5 Å². The summed E-state index contributed by atoms with van der Waals surface area (Å²) >= 11 is 3.88. The summed E-state index contributed by atoms with van der Waals surface area (Å²) in [6.07, 6.45) is 1.49. The van der Waals surface area contributed by atoms with Crippen molar-refractivity contribution in [2.24, 2.45) is 5.73 Å². The average molecular weight is 301 g/mol. The van der Waals surface area contributed by atoms with Gasteiger partial charge >= 0.3 is 0 Å². The number of nitrogens with two attached hydrogens (primary N) is 1. The summed E-state index contributed by atoms with van der Waals surface area (Å²) in [6, 6.07) is 0. The quantitative estimate of drug-likeness (QED) is 0.894. The van der Waals surface area contributed by atoms with E-state index in [0.717, 1.165) is 24.4 Å². The summed E-state index contributed by atoms with van der Waals surface area (Å²) in [6.45, 7) is 3.56. The fraction of sp³-hybridized carbons (Fsp3) is 0.833. The van der Waals surface area contributed by atoms with Crippen LogP contribution in [-0.2, 0) is 10.3 Å². The number of ether oxygens (including phenoxy) is 1. The summed E-state index contributed by atoms with van der Waals surface area (Å²) in [7, 11) is 0. The first kappa shape index (κ1) is 13.7. The van der Waals surface area contributed by atoms with Gasteiger partial charge in [-0.15, -0.1) is 11.8 Å². The van der Waals surface area contributed by atoms with E-state index >= 15 is 0 Å². The van der Waals surface area contributed by atoms with E-state index in [2.05, 4.69) is 17.1 Å². The van der Waals surface area contributed by atoms with Gasteiger partial charge in [0.15, 0.2) is 5.82 Å². The van der Waals surface area contributed by atoms with Crippen molar-refractivity contribution in [2.45, 2.75) is 35.8 Å². The molecule has 106 valence electrons. The molecule has 2 aliphatic rings. The Hall–Kier alpha value is -0.240. The van der Waals surface area contributed by atoms with E-state index in [4.69, 9.17) is 15.0 Å². The van der Waals surface area contributed by atoms with Crippen LogP contribution in [0.3, 0.4) is 0 Å². The molecule has 0 spiro atoms. The minimum absolute atomic E-state index is 0.319. The van der Waals surface area contributed by atoms with Crippen LogP contribution in [0.25, 0.3) is 0 Å². The van der Waals surface area contributed by atoms with Crippen LogP contribution in [0.15, 0.2) is 4.52 Å². The van der Waals surface area contributed by atoms with Gasteiger partial charge in [0.25, 0.3) is 0 Å². The van der Waals surface area contributed by atoms with Crippen LogP contribution < -0.4 is 5.73 Å². The lowest BCUT2D eigenvalue weighted by molar-refractivity contribution is 0.0400. The molecule has 1 aromatic heterocycles. The topological polar surface area (TPSA) is 74.2 Å². The Bertz CT molecular complexity index is 434. The van der Waals surface area contributed by atoms with Crippen molar-refractivity contribution in [1.29, 1.82) is 0 Å². The van der Waals surface area contributed by atoms with Crippen molar-refractivity contribution >= 4 is 23.5 Å². The fourth-order valence-electron chi connectivity index (χ4n) is 2.42. The van der Waals surface area contributed by atoms with Gasteiger partial charge in [0.1, 0.15) is 5.54 Å². The third-order valence-corrected chi connectivity index (χ3v) is 6.78. The number of thioether (sulfide) groups is 2. The standard InChI is InChI=1S/C12H19N3O2S2/c1-8-9(19-7-6-18-8)10-14-11(17-15-10)12(13)2-4-16-5-3-12/h8-9H,2-7,13H2,1H3. The van der Waals surface area contributed by atoms with E-state index in [-0.39, 0.29) is 0 Å². The number of nitrogens with zero attached hydrogens (tertiary/aromatic N) is 2. The molecule has 7 heteroatoms. The van der Waals surface area contributed by atoms with E-state index in [1.54, 1.807) is 0 Å². The maximum absolute atomic E-state index is 6.37. The summed E-state index contributed by atoms with van der Waals surface area (Å²) in [4.78, 5) is 4.59. The summed E-state index contributed by atoms with van der Waals surface area (Å²) in [5.41, 5.74) is 5.87. The predicted molar refractivity (Wildman–Crippen MR) is 77.3 cm³/mol. The Balaban J connectivity index is 1.78. The number of hydrogen-bond donors (Lipinski definition) is 1. The van der Waals surface area contributed by atoms with Gasteiger partial charge in [-0.3, -0.25) is 0 Å². The highest BCUT2D eigenvalue weighted by atomic mass is 32.2. The van der Waals surface area contributed by atoms with E-state index in [9.17, 15) is 0 Å². The van der Waals surface area contributed by atoms with Gasteiger partial charge in [0, 0.05) is 30.0 Å². The molecule has 2 unspecified atom stereocenters. The molecule has 0 bridgehead atoms. The van der Waals surface area contributed by atoms with Crippen molar-refractivity contribution in [3.05, 3.63) is 11.7 Å². The van der Waals surface area contributed by atoms with Gasteiger partial charge in [0.05, 0.1) is 5.25 Å². The zero-order valence-electron chi connectivity index (χ0n) is 11.0. The van der Waals surface area contributed by atoms with Gasteiger partial charge in [-0.2, -0.15) is 16.7 Å². The fourth-order valence-corrected chi connectivity index (χ4v) is 5.10. The third-order valence-electron chi connectivity index (χ3n) is 3.70. The van der Waals surface area contributed by atoms with Crippen LogP contribution in [0.4, 0.5) is 0 Å². The Morgan fingerprint density at radius 2 is 2.00 bits per heavy atom. The molecule has 2 atom stereocenters. The minimum atomic E-state index is -0.501. The number of rotatable bonds is 2. The van der Waals surface area contributed by atoms with Gasteiger partial charge in [-0.05, 0) is 12.8 Å². The van der Waals surface area contributed by atoms with E-state index < -0.39 is 5.54 Å². The van der Waals surface area contributed by atoms with Gasteiger partial charge in [0.2, 0.25) is 5.89 Å². The normalized spacial score (nSPS) is 31.3. The smallest absolute Gasteiger partial charge is 0.246 e. The molecule has 3 rings (SSSR count). The van der Waals surface area contributed by atoms with Crippen LogP contribution >= 0.6 is 23.5 Å². The van der Waals surface area contributed by atoms with Gasteiger partial charge < -0.3 is 15.0 Å². The zero-order chi connectivity index (χ0) is 13.3. The first-order chi connectivity index (χ1) is 9.19. The molecule has 2 aliphatic heterocycles. The molecule has 0 aromatic carbocycles. The highest BCUT2D eigenvalue weighted by molar-refractivity contribution is 8.06. The van der Waals surface area contributed by atoms with Gasteiger partial charge in [-0.1, -0.05) is 12.1 Å². The highest BCUT2D eigenvalue weighted by Gasteiger charge is 2.37. The Kier molecular flexibility index (Phi) is 4.07. The molecular formula is C12H19N3O2S2. The second-order valence-electron chi connectivity index (χ2n) is 5.09. The highest BCUT2D eigenvalue weighted by Crippen LogP contribution is 2.41. The van der Waals surface area contributed by atoms with Crippen molar-refractivity contribution in [1.82, 2.24) is 10.1 Å². The molecule has 0 aliphatic carbocycles. The summed E-state index contributed by atoms with van der Waals surface area (Å²) in [5, 5.41) is 5.01. The van der Waals surface area contributed by atoms with E-state index in [1.165, 1.54) is 5.75 Å². The lowest BCUT2D eigenvalue weighted by Crippen LogP contribution is -2.42. The number of aromatic nitrogens is 2. The first-order valence-electron chi connectivity index (χ1n) is 6.63. The monoisotopic (exact) mass is 301 g/mol. The predicted octanol–water partition coefficient (Wildman–Crippen LogP) is 1.94. The molecule has 0 radical (unpaired) electrons. The maximum Gasteiger partial charge on any atom is 0.246 e. The molecule has 2 saturated heterocycles. The Labute approximate surface area is 121 Å². The first-order valence-corrected chi connectivity index (χ1v) is 8.73. The van der Waals surface area contributed by atoms with E-state index in [0.29, 0.717) is 29.6 Å². The van der Waals surface area contributed by atoms with Crippen LogP contribution in [0, 0.1) is 0 Å². The van der Waals surface area contributed by atoms with Crippen LogP contribution in [0.5, 0.6) is 0 Å². The Morgan fingerprint density at radius 1 is 1.26 bits per heavy atom. The van der Waals surface area contributed by atoms with Crippen molar-refractivity contribution in [2.75, 3.05) is 24.7 Å². The van der Waals surface area contributed by atoms with Gasteiger partial charge in [-0.25, -0.2) is 0 Å². The second-order valence-corrected chi connectivity index (χ2v) is 7.83. The SMILES string of the molecule is CC1SCCSC1c1noc(C2(N)CCOCC2)n1. The molecule has 3 heterocycles. The lowest BCUT2D eigenvalue weighted by atomic mass is 9.91. The lowest BCUT2D eigenvalue weighted by Gasteiger charge is -2.29. The molecular weight excluding hydrogens is 282 g/mol. The number of hydrogen-bond acceptors (Lipinski definition) is 7. The largest absolute Gasteiger partial charge is 0.381 e. The molecule has 2 N–H and O–H groups in total.